The quantitative estimate of drug-likeness (QED) is 0.760. The average Bonchev–Trinajstić information content (AvgIpc) is 3.16. The SMILES string of the molecule is CNS(=O)(=O)c1ccc(Cl)c(C(=O)Nc2ccccc2OC2CCCC2)c1. The molecule has 8 heteroatoms. The van der Waals surface area contributed by atoms with Crippen molar-refractivity contribution in [1.82, 2.24) is 4.72 Å². The number of benzene rings is 2. The number of hydrogen-bond acceptors (Lipinski definition) is 4. The highest BCUT2D eigenvalue weighted by atomic mass is 35.5. The van der Waals surface area contributed by atoms with Gasteiger partial charge in [-0.15, -0.1) is 0 Å². The van der Waals surface area contributed by atoms with Crippen molar-refractivity contribution in [3.63, 3.8) is 0 Å². The van der Waals surface area contributed by atoms with Crippen molar-refractivity contribution in [2.45, 2.75) is 36.7 Å². The van der Waals surface area contributed by atoms with Gasteiger partial charge in [0.1, 0.15) is 5.75 Å². The number of nitrogens with one attached hydrogen (secondary N) is 2. The second-order valence-electron chi connectivity index (χ2n) is 6.32. The Hall–Kier alpha value is -2.09. The fourth-order valence-corrected chi connectivity index (χ4v) is 3.97. The zero-order valence-electron chi connectivity index (χ0n) is 14.9. The molecular weight excluding hydrogens is 388 g/mol. The number of anilines is 1. The molecule has 144 valence electrons. The Balaban J connectivity index is 1.85. The zero-order chi connectivity index (χ0) is 19.4. The first-order chi connectivity index (χ1) is 12.9. The topological polar surface area (TPSA) is 84.5 Å². The monoisotopic (exact) mass is 408 g/mol. The summed E-state index contributed by atoms with van der Waals surface area (Å²) in [4.78, 5) is 12.7. The lowest BCUT2D eigenvalue weighted by Gasteiger charge is -2.17. The first-order valence-corrected chi connectivity index (χ1v) is 10.6. The van der Waals surface area contributed by atoms with E-state index in [1.165, 1.54) is 25.2 Å². The summed E-state index contributed by atoms with van der Waals surface area (Å²) in [7, 11) is -2.38. The van der Waals surface area contributed by atoms with Crippen molar-refractivity contribution in [2.75, 3.05) is 12.4 Å². The van der Waals surface area contributed by atoms with E-state index in [0.717, 1.165) is 25.7 Å². The maximum atomic E-state index is 12.7. The predicted octanol–water partition coefficient (Wildman–Crippen LogP) is 3.82. The summed E-state index contributed by atoms with van der Waals surface area (Å²) in [5.41, 5.74) is 0.594. The van der Waals surface area contributed by atoms with E-state index in [9.17, 15) is 13.2 Å². The van der Waals surface area contributed by atoms with E-state index >= 15 is 0 Å². The van der Waals surface area contributed by atoms with Crippen LogP contribution in [0.25, 0.3) is 0 Å². The number of carbonyl (C=O) groups is 1. The van der Waals surface area contributed by atoms with Gasteiger partial charge in [-0.3, -0.25) is 4.79 Å². The van der Waals surface area contributed by atoms with Gasteiger partial charge in [-0.1, -0.05) is 23.7 Å². The highest BCUT2D eigenvalue weighted by Gasteiger charge is 2.20. The van der Waals surface area contributed by atoms with Gasteiger partial charge >= 0.3 is 0 Å². The smallest absolute Gasteiger partial charge is 0.257 e. The third kappa shape index (κ3) is 4.61. The molecule has 0 radical (unpaired) electrons. The zero-order valence-corrected chi connectivity index (χ0v) is 16.4. The van der Waals surface area contributed by atoms with Gasteiger partial charge in [-0.05, 0) is 63.1 Å². The Bertz CT molecular complexity index is 940. The van der Waals surface area contributed by atoms with E-state index in [2.05, 4.69) is 10.0 Å². The molecule has 2 aromatic carbocycles. The van der Waals surface area contributed by atoms with Crippen molar-refractivity contribution in [3.05, 3.63) is 53.1 Å². The van der Waals surface area contributed by atoms with E-state index < -0.39 is 15.9 Å². The molecule has 1 aliphatic carbocycles. The Morgan fingerprint density at radius 1 is 1.15 bits per heavy atom. The van der Waals surface area contributed by atoms with Crippen molar-refractivity contribution in [1.29, 1.82) is 0 Å². The molecule has 0 aliphatic heterocycles. The molecule has 1 fully saturated rings. The van der Waals surface area contributed by atoms with Crippen LogP contribution in [-0.4, -0.2) is 27.5 Å². The fraction of sp³-hybridized carbons (Fsp3) is 0.316. The Morgan fingerprint density at radius 2 is 1.85 bits per heavy atom. The van der Waals surface area contributed by atoms with Crippen molar-refractivity contribution in [2.24, 2.45) is 0 Å². The maximum absolute atomic E-state index is 12.7. The normalized spacial score (nSPS) is 14.9. The minimum atomic E-state index is -3.68. The number of ether oxygens (including phenoxy) is 1. The van der Waals surface area contributed by atoms with E-state index in [4.69, 9.17) is 16.3 Å². The highest BCUT2D eigenvalue weighted by Crippen LogP contribution is 2.30. The highest BCUT2D eigenvalue weighted by molar-refractivity contribution is 7.89. The summed E-state index contributed by atoms with van der Waals surface area (Å²) in [6, 6.07) is 11.2. The molecule has 3 rings (SSSR count). The molecule has 27 heavy (non-hydrogen) atoms. The molecule has 0 saturated heterocycles. The molecular formula is C19H21ClN2O4S. The van der Waals surface area contributed by atoms with Crippen LogP contribution in [0.3, 0.4) is 0 Å². The summed E-state index contributed by atoms with van der Waals surface area (Å²) in [5.74, 6) is 0.0866. The van der Waals surface area contributed by atoms with Crippen LogP contribution in [0, 0.1) is 0 Å². The molecule has 1 amide bonds. The molecule has 0 bridgehead atoms. The molecule has 0 heterocycles. The minimum Gasteiger partial charge on any atom is -0.488 e. The predicted molar refractivity (Wildman–Crippen MR) is 105 cm³/mol. The van der Waals surface area contributed by atoms with Crippen LogP contribution >= 0.6 is 11.6 Å². The molecule has 0 atom stereocenters. The second kappa shape index (κ2) is 8.29. The van der Waals surface area contributed by atoms with Gasteiger partial charge in [0, 0.05) is 0 Å². The van der Waals surface area contributed by atoms with E-state index in [1.807, 2.05) is 6.07 Å². The number of halogens is 1. The van der Waals surface area contributed by atoms with E-state index in [0.29, 0.717) is 11.4 Å². The molecule has 0 unspecified atom stereocenters. The largest absolute Gasteiger partial charge is 0.488 e. The average molecular weight is 409 g/mol. The molecule has 2 aromatic rings. The third-order valence-electron chi connectivity index (χ3n) is 4.49. The van der Waals surface area contributed by atoms with Crippen LogP contribution < -0.4 is 14.8 Å². The maximum Gasteiger partial charge on any atom is 0.257 e. The van der Waals surface area contributed by atoms with Crippen LogP contribution in [0.4, 0.5) is 5.69 Å². The first-order valence-electron chi connectivity index (χ1n) is 8.71. The molecule has 6 nitrogen and oxygen atoms in total. The number of amides is 1. The van der Waals surface area contributed by atoms with Crippen LogP contribution in [0.15, 0.2) is 47.4 Å². The van der Waals surface area contributed by atoms with Crippen LogP contribution in [-0.2, 0) is 10.0 Å². The van der Waals surface area contributed by atoms with Crippen molar-refractivity contribution < 1.29 is 17.9 Å². The second-order valence-corrected chi connectivity index (χ2v) is 8.62. The minimum absolute atomic E-state index is 0.0324. The first kappa shape index (κ1) is 19.7. The summed E-state index contributed by atoms with van der Waals surface area (Å²) in [5, 5.41) is 2.94. The van der Waals surface area contributed by atoms with E-state index in [-0.39, 0.29) is 21.6 Å². The van der Waals surface area contributed by atoms with Gasteiger partial charge in [0.2, 0.25) is 10.0 Å². The molecule has 1 aliphatic rings. The summed E-state index contributed by atoms with van der Waals surface area (Å²) in [6.07, 6.45) is 4.43. The lowest BCUT2D eigenvalue weighted by molar-refractivity contribution is 0.102. The lowest BCUT2D eigenvalue weighted by atomic mass is 10.2. The summed E-state index contributed by atoms with van der Waals surface area (Å²) in [6.45, 7) is 0. The van der Waals surface area contributed by atoms with Gasteiger partial charge in [-0.25, -0.2) is 13.1 Å². The van der Waals surface area contributed by atoms with Crippen LogP contribution in [0.5, 0.6) is 5.75 Å². The van der Waals surface area contributed by atoms with Gasteiger partial charge in [0.15, 0.2) is 0 Å². The number of para-hydroxylation sites is 2. The van der Waals surface area contributed by atoms with Gasteiger partial charge in [-0.2, -0.15) is 0 Å². The third-order valence-corrected chi connectivity index (χ3v) is 6.23. The summed E-state index contributed by atoms with van der Waals surface area (Å²) < 4.78 is 32.2. The number of hydrogen-bond donors (Lipinski definition) is 2. The fourth-order valence-electron chi connectivity index (χ4n) is 3.01. The van der Waals surface area contributed by atoms with Crippen molar-refractivity contribution >= 4 is 33.2 Å². The Kier molecular flexibility index (Phi) is 6.04. The van der Waals surface area contributed by atoms with Crippen molar-refractivity contribution in [3.8, 4) is 5.75 Å². The number of carbonyl (C=O) groups excluding carboxylic acids is 1. The molecule has 2 N–H and O–H groups in total. The Morgan fingerprint density at radius 3 is 2.56 bits per heavy atom. The number of rotatable bonds is 6. The number of sulfonamides is 1. The summed E-state index contributed by atoms with van der Waals surface area (Å²) >= 11 is 6.12. The van der Waals surface area contributed by atoms with Crippen LogP contribution in [0.1, 0.15) is 36.0 Å². The lowest BCUT2D eigenvalue weighted by Crippen LogP contribution is -2.20. The van der Waals surface area contributed by atoms with Gasteiger partial charge < -0.3 is 10.1 Å². The van der Waals surface area contributed by atoms with Gasteiger partial charge in [0.25, 0.3) is 5.91 Å². The van der Waals surface area contributed by atoms with Gasteiger partial charge in [0.05, 0.1) is 27.3 Å². The van der Waals surface area contributed by atoms with Crippen LogP contribution in [0.2, 0.25) is 5.02 Å². The standard InChI is InChI=1S/C19H21ClN2O4S/c1-21-27(24,25)14-10-11-16(20)15(12-14)19(23)22-17-8-4-5-9-18(17)26-13-6-2-3-7-13/h4-5,8-13,21H,2-3,6-7H2,1H3,(H,22,23). The Labute approximate surface area is 163 Å². The van der Waals surface area contributed by atoms with E-state index in [1.54, 1.807) is 18.2 Å². The molecule has 0 spiro atoms. The molecule has 1 saturated carbocycles. The molecule has 0 aromatic heterocycles.